The fourth-order valence-corrected chi connectivity index (χ4v) is 3.06. The van der Waals surface area contributed by atoms with E-state index in [0.29, 0.717) is 34.1 Å². The zero-order chi connectivity index (χ0) is 22.4. The first kappa shape index (κ1) is 22.5. The lowest BCUT2D eigenvalue weighted by Gasteiger charge is -2.19. The summed E-state index contributed by atoms with van der Waals surface area (Å²) in [6, 6.07) is 6.30. The Labute approximate surface area is 186 Å². The molecule has 4 N–H and O–H groups in total. The Kier molecular flexibility index (Phi) is 7.43. The zero-order valence-electron chi connectivity index (χ0n) is 17.5. The summed E-state index contributed by atoms with van der Waals surface area (Å²) in [5, 5.41) is 24.3. The molecule has 0 aliphatic heterocycles. The highest BCUT2D eigenvalue weighted by atomic mass is 35.5. The normalized spacial score (nSPS) is 14.5. The summed E-state index contributed by atoms with van der Waals surface area (Å²) in [7, 11) is 0. The quantitative estimate of drug-likeness (QED) is 0.349. The standard InChI is InChI=1S/C21H26ClN7O2/c1-13-10-24-20(26-17-7-8-17)28-19(13)29(23-3)11-14(2)25-21(31)27-18(12-30)15-5-4-6-16(22)9-15/h4-6,9-11,17-18,30H,3,7-8,12H2,1-2H3,(H,24,26,28)(H2,25,27,31)/b14-11+. The molecule has 1 aliphatic rings. The van der Waals surface area contributed by atoms with Crippen molar-refractivity contribution in [2.24, 2.45) is 5.10 Å². The molecule has 1 aromatic heterocycles. The van der Waals surface area contributed by atoms with Crippen LogP contribution in [0.1, 0.15) is 36.9 Å². The predicted octanol–water partition coefficient (Wildman–Crippen LogP) is 3.33. The minimum Gasteiger partial charge on any atom is -0.394 e. The number of aliphatic hydroxyl groups excluding tert-OH is 1. The number of carbonyl (C=O) groups excluding carboxylic acids is 1. The molecule has 1 atom stereocenters. The molecule has 1 aromatic carbocycles. The van der Waals surface area contributed by atoms with E-state index < -0.39 is 12.1 Å². The van der Waals surface area contributed by atoms with E-state index in [2.05, 4.69) is 37.7 Å². The SMILES string of the molecule is C=NN(/C=C(\C)NC(=O)NC(CO)c1cccc(Cl)c1)c1nc(NC2CC2)ncc1C. The number of benzene rings is 1. The van der Waals surface area contributed by atoms with Crippen molar-refractivity contribution in [3.8, 4) is 0 Å². The molecule has 1 heterocycles. The Morgan fingerprint density at radius 2 is 2.26 bits per heavy atom. The number of aliphatic hydroxyl groups is 1. The number of nitrogens with one attached hydrogen (secondary N) is 3. The summed E-state index contributed by atoms with van der Waals surface area (Å²) in [5.74, 6) is 1.09. The van der Waals surface area contributed by atoms with Crippen LogP contribution in [-0.2, 0) is 0 Å². The van der Waals surface area contributed by atoms with Gasteiger partial charge >= 0.3 is 6.03 Å². The van der Waals surface area contributed by atoms with Gasteiger partial charge in [0.1, 0.15) is 0 Å². The van der Waals surface area contributed by atoms with Crippen LogP contribution in [0, 0.1) is 6.92 Å². The fourth-order valence-electron chi connectivity index (χ4n) is 2.86. The van der Waals surface area contributed by atoms with E-state index in [-0.39, 0.29) is 6.61 Å². The van der Waals surface area contributed by atoms with Gasteiger partial charge in [-0.15, -0.1) is 0 Å². The Hall–Kier alpha value is -3.17. The Morgan fingerprint density at radius 1 is 1.48 bits per heavy atom. The average Bonchev–Trinajstić information content (AvgIpc) is 3.55. The third kappa shape index (κ3) is 6.40. The number of hydrogen-bond acceptors (Lipinski definition) is 7. The number of urea groups is 1. The van der Waals surface area contributed by atoms with Crippen LogP contribution < -0.4 is 21.0 Å². The van der Waals surface area contributed by atoms with Crippen LogP contribution in [0.5, 0.6) is 0 Å². The van der Waals surface area contributed by atoms with Gasteiger partial charge in [-0.05, 0) is 44.4 Å². The molecule has 3 rings (SSSR count). The summed E-state index contributed by atoms with van der Waals surface area (Å²) < 4.78 is 0. The lowest BCUT2D eigenvalue weighted by Crippen LogP contribution is -2.38. The number of hydrazone groups is 1. The van der Waals surface area contributed by atoms with Crippen LogP contribution in [0.3, 0.4) is 0 Å². The first-order chi connectivity index (χ1) is 14.9. The molecule has 1 fully saturated rings. The molecule has 1 aliphatic carbocycles. The maximum absolute atomic E-state index is 12.4. The summed E-state index contributed by atoms with van der Waals surface area (Å²) in [6.07, 6.45) is 5.54. The highest BCUT2D eigenvalue weighted by Crippen LogP contribution is 2.25. The maximum atomic E-state index is 12.4. The second-order valence-electron chi connectivity index (χ2n) is 7.31. The highest BCUT2D eigenvalue weighted by Gasteiger charge is 2.22. The maximum Gasteiger partial charge on any atom is 0.319 e. The molecule has 0 radical (unpaired) electrons. The van der Waals surface area contributed by atoms with Crippen LogP contribution in [-0.4, -0.2) is 40.5 Å². The molecule has 1 unspecified atom stereocenters. The van der Waals surface area contributed by atoms with Gasteiger partial charge in [0.25, 0.3) is 0 Å². The van der Waals surface area contributed by atoms with Crippen LogP contribution in [0.2, 0.25) is 5.02 Å². The number of carbonyl (C=O) groups is 1. The second kappa shape index (κ2) is 10.2. The van der Waals surface area contributed by atoms with E-state index in [9.17, 15) is 9.90 Å². The Balaban J connectivity index is 1.67. The molecular weight excluding hydrogens is 418 g/mol. The van der Waals surface area contributed by atoms with Crippen molar-refractivity contribution in [1.82, 2.24) is 20.6 Å². The topological polar surface area (TPSA) is 115 Å². The third-order valence-electron chi connectivity index (χ3n) is 4.59. The molecule has 0 bridgehead atoms. The van der Waals surface area contributed by atoms with Gasteiger partial charge in [0.2, 0.25) is 5.95 Å². The van der Waals surface area contributed by atoms with Crippen molar-refractivity contribution >= 4 is 36.1 Å². The first-order valence-electron chi connectivity index (χ1n) is 9.88. The van der Waals surface area contributed by atoms with Gasteiger partial charge in [-0.1, -0.05) is 23.7 Å². The van der Waals surface area contributed by atoms with Gasteiger partial charge in [0, 0.05) is 35.2 Å². The summed E-state index contributed by atoms with van der Waals surface area (Å²) >= 11 is 6.00. The molecule has 164 valence electrons. The number of hydrogen-bond donors (Lipinski definition) is 4. The smallest absolute Gasteiger partial charge is 0.319 e. The number of halogens is 1. The monoisotopic (exact) mass is 443 g/mol. The van der Waals surface area contributed by atoms with Gasteiger partial charge in [-0.25, -0.2) is 14.8 Å². The predicted molar refractivity (Wildman–Crippen MR) is 122 cm³/mol. The van der Waals surface area contributed by atoms with Crippen molar-refractivity contribution in [1.29, 1.82) is 0 Å². The third-order valence-corrected chi connectivity index (χ3v) is 4.83. The molecule has 2 amide bonds. The van der Waals surface area contributed by atoms with Gasteiger partial charge in [-0.2, -0.15) is 10.1 Å². The number of allylic oxidation sites excluding steroid dienone is 1. The van der Waals surface area contributed by atoms with Crippen LogP contribution >= 0.6 is 11.6 Å². The summed E-state index contributed by atoms with van der Waals surface area (Å²) in [5.41, 5.74) is 2.01. The molecule has 9 nitrogen and oxygen atoms in total. The number of anilines is 2. The van der Waals surface area contributed by atoms with Gasteiger partial charge < -0.3 is 21.1 Å². The molecule has 2 aromatic rings. The lowest BCUT2D eigenvalue weighted by molar-refractivity contribution is 0.219. The second-order valence-corrected chi connectivity index (χ2v) is 7.74. The fraction of sp³-hybridized carbons (Fsp3) is 0.333. The van der Waals surface area contributed by atoms with E-state index in [0.717, 1.165) is 18.4 Å². The number of rotatable bonds is 9. The zero-order valence-corrected chi connectivity index (χ0v) is 18.2. The highest BCUT2D eigenvalue weighted by molar-refractivity contribution is 6.30. The van der Waals surface area contributed by atoms with E-state index >= 15 is 0 Å². The van der Waals surface area contributed by atoms with Crippen molar-refractivity contribution in [3.63, 3.8) is 0 Å². The van der Waals surface area contributed by atoms with Crippen LogP contribution in [0.15, 0.2) is 47.5 Å². The summed E-state index contributed by atoms with van der Waals surface area (Å²) in [6.45, 7) is 6.91. The molecule has 1 saturated carbocycles. The number of aromatic nitrogens is 2. The van der Waals surface area contributed by atoms with E-state index in [1.807, 2.05) is 6.92 Å². The number of aryl methyl sites for hydroxylation is 1. The molecule has 31 heavy (non-hydrogen) atoms. The van der Waals surface area contributed by atoms with Gasteiger partial charge in [0.15, 0.2) is 5.82 Å². The van der Waals surface area contributed by atoms with E-state index in [1.165, 1.54) is 5.01 Å². The minimum atomic E-state index is -0.597. The van der Waals surface area contributed by atoms with Crippen LogP contribution in [0.25, 0.3) is 0 Å². The minimum absolute atomic E-state index is 0.270. The molecule has 10 heteroatoms. The first-order valence-corrected chi connectivity index (χ1v) is 10.3. The summed E-state index contributed by atoms with van der Waals surface area (Å²) in [4.78, 5) is 21.2. The van der Waals surface area contributed by atoms with Crippen molar-refractivity contribution in [2.45, 2.75) is 38.8 Å². The van der Waals surface area contributed by atoms with Crippen molar-refractivity contribution in [3.05, 3.63) is 58.5 Å². The van der Waals surface area contributed by atoms with Gasteiger partial charge in [0.05, 0.1) is 18.8 Å². The average molecular weight is 444 g/mol. The lowest BCUT2D eigenvalue weighted by atomic mass is 10.1. The molecular formula is C21H26ClN7O2. The van der Waals surface area contributed by atoms with Crippen LogP contribution in [0.4, 0.5) is 16.6 Å². The van der Waals surface area contributed by atoms with Gasteiger partial charge in [-0.3, -0.25) is 0 Å². The van der Waals surface area contributed by atoms with E-state index in [1.54, 1.807) is 43.6 Å². The van der Waals surface area contributed by atoms with Crippen molar-refractivity contribution in [2.75, 3.05) is 16.9 Å². The number of nitrogens with zero attached hydrogens (tertiary/aromatic N) is 4. The Morgan fingerprint density at radius 3 is 2.90 bits per heavy atom. The largest absolute Gasteiger partial charge is 0.394 e. The number of amides is 2. The Bertz CT molecular complexity index is 978. The molecule has 0 saturated heterocycles. The van der Waals surface area contributed by atoms with E-state index in [4.69, 9.17) is 11.6 Å². The molecule has 0 spiro atoms. The van der Waals surface area contributed by atoms with Crippen molar-refractivity contribution < 1.29 is 9.90 Å².